The van der Waals surface area contributed by atoms with Crippen LogP contribution in [0.5, 0.6) is 0 Å². The van der Waals surface area contributed by atoms with Gasteiger partial charge in [0.05, 0.1) is 23.0 Å². The van der Waals surface area contributed by atoms with Gasteiger partial charge in [0.15, 0.2) is 0 Å². The van der Waals surface area contributed by atoms with Crippen molar-refractivity contribution < 1.29 is 0 Å². The molecule has 2 aromatic carbocycles. The lowest BCUT2D eigenvalue weighted by Crippen LogP contribution is -1.87. The number of hydrogen-bond acceptors (Lipinski definition) is 2. The third-order valence-corrected chi connectivity index (χ3v) is 3.13. The predicted molar refractivity (Wildman–Crippen MR) is 79.8 cm³/mol. The molecule has 0 bridgehead atoms. The van der Waals surface area contributed by atoms with Gasteiger partial charge in [0.1, 0.15) is 0 Å². The zero-order chi connectivity index (χ0) is 13.8. The van der Waals surface area contributed by atoms with Crippen LogP contribution in [0, 0.1) is 11.3 Å². The van der Waals surface area contributed by atoms with Crippen LogP contribution in [0.1, 0.15) is 5.56 Å². The summed E-state index contributed by atoms with van der Waals surface area (Å²) in [5, 5.41) is 8.83. The number of nitrogens with zero attached hydrogens (tertiary/aromatic N) is 2. The summed E-state index contributed by atoms with van der Waals surface area (Å²) in [5.74, 6) is 0. The minimum absolute atomic E-state index is 0.660. The molecule has 0 aliphatic rings. The van der Waals surface area contributed by atoms with Crippen molar-refractivity contribution in [3.05, 3.63) is 78.4 Å². The molecule has 0 radical (unpaired) electrons. The van der Waals surface area contributed by atoms with E-state index in [1.165, 1.54) is 0 Å². The number of pyridine rings is 1. The fraction of sp³-hybridized carbons (Fsp3) is 0. The SMILES string of the molecule is N#Cc1ccc(-c2cccc(-c3ccccc3)n2)cc1. The monoisotopic (exact) mass is 256 g/mol. The van der Waals surface area contributed by atoms with Crippen LogP contribution >= 0.6 is 0 Å². The summed E-state index contributed by atoms with van der Waals surface area (Å²) in [6.45, 7) is 0. The molecule has 0 amide bonds. The Bertz CT molecular complexity index is 753. The minimum atomic E-state index is 0.660. The van der Waals surface area contributed by atoms with Crippen molar-refractivity contribution in [3.8, 4) is 28.6 Å². The number of hydrogen-bond donors (Lipinski definition) is 0. The van der Waals surface area contributed by atoms with Crippen LogP contribution in [0.3, 0.4) is 0 Å². The van der Waals surface area contributed by atoms with E-state index in [1.807, 2.05) is 72.8 Å². The smallest absolute Gasteiger partial charge is 0.0991 e. The van der Waals surface area contributed by atoms with Gasteiger partial charge in [-0.3, -0.25) is 0 Å². The highest BCUT2D eigenvalue weighted by atomic mass is 14.7. The lowest BCUT2D eigenvalue weighted by Gasteiger charge is -2.05. The average Bonchev–Trinajstić information content (AvgIpc) is 2.56. The Balaban J connectivity index is 2.01. The van der Waals surface area contributed by atoms with E-state index in [-0.39, 0.29) is 0 Å². The van der Waals surface area contributed by atoms with Crippen molar-refractivity contribution in [2.75, 3.05) is 0 Å². The van der Waals surface area contributed by atoms with Crippen LogP contribution in [0.15, 0.2) is 72.8 Å². The zero-order valence-electron chi connectivity index (χ0n) is 10.8. The number of nitriles is 1. The molecule has 3 aromatic rings. The van der Waals surface area contributed by atoms with Gasteiger partial charge in [0.25, 0.3) is 0 Å². The zero-order valence-corrected chi connectivity index (χ0v) is 10.8. The van der Waals surface area contributed by atoms with Crippen LogP contribution in [0.2, 0.25) is 0 Å². The fourth-order valence-electron chi connectivity index (χ4n) is 2.08. The Morgan fingerprint density at radius 2 is 1.25 bits per heavy atom. The molecule has 2 nitrogen and oxygen atoms in total. The fourth-order valence-corrected chi connectivity index (χ4v) is 2.08. The van der Waals surface area contributed by atoms with E-state index in [4.69, 9.17) is 5.26 Å². The molecule has 0 atom stereocenters. The second kappa shape index (κ2) is 5.38. The van der Waals surface area contributed by atoms with E-state index < -0.39 is 0 Å². The van der Waals surface area contributed by atoms with Gasteiger partial charge in [0.2, 0.25) is 0 Å². The first-order valence-electron chi connectivity index (χ1n) is 6.40. The van der Waals surface area contributed by atoms with Crippen LogP contribution < -0.4 is 0 Å². The summed E-state index contributed by atoms with van der Waals surface area (Å²) in [4.78, 5) is 4.69. The standard InChI is InChI=1S/C18H12N2/c19-13-14-9-11-16(12-10-14)18-8-4-7-17(20-18)15-5-2-1-3-6-15/h1-12H. The van der Waals surface area contributed by atoms with Crippen molar-refractivity contribution in [1.29, 1.82) is 5.26 Å². The highest BCUT2D eigenvalue weighted by Gasteiger charge is 2.03. The van der Waals surface area contributed by atoms with Crippen molar-refractivity contribution in [3.63, 3.8) is 0 Å². The second-order valence-corrected chi connectivity index (χ2v) is 4.46. The Morgan fingerprint density at radius 3 is 1.85 bits per heavy atom. The highest BCUT2D eigenvalue weighted by Crippen LogP contribution is 2.22. The first-order chi connectivity index (χ1) is 9.86. The van der Waals surface area contributed by atoms with Gasteiger partial charge in [-0.25, -0.2) is 4.98 Å². The van der Waals surface area contributed by atoms with Gasteiger partial charge in [0, 0.05) is 11.1 Å². The molecule has 20 heavy (non-hydrogen) atoms. The summed E-state index contributed by atoms with van der Waals surface area (Å²) in [6, 6.07) is 25.7. The van der Waals surface area contributed by atoms with Gasteiger partial charge >= 0.3 is 0 Å². The lowest BCUT2D eigenvalue weighted by atomic mass is 10.1. The Kier molecular flexibility index (Phi) is 3.26. The molecular formula is C18H12N2. The number of rotatable bonds is 2. The molecule has 0 unspecified atom stereocenters. The third kappa shape index (κ3) is 2.43. The highest BCUT2D eigenvalue weighted by molar-refractivity contribution is 5.66. The second-order valence-electron chi connectivity index (χ2n) is 4.46. The van der Waals surface area contributed by atoms with Gasteiger partial charge in [-0.15, -0.1) is 0 Å². The Morgan fingerprint density at radius 1 is 0.650 bits per heavy atom. The van der Waals surface area contributed by atoms with Gasteiger partial charge in [-0.1, -0.05) is 48.5 Å². The van der Waals surface area contributed by atoms with Crippen molar-refractivity contribution in [2.45, 2.75) is 0 Å². The molecular weight excluding hydrogens is 244 g/mol. The summed E-state index contributed by atoms with van der Waals surface area (Å²) < 4.78 is 0. The van der Waals surface area contributed by atoms with E-state index in [9.17, 15) is 0 Å². The third-order valence-electron chi connectivity index (χ3n) is 3.13. The Hall–Kier alpha value is -2.92. The summed E-state index contributed by atoms with van der Waals surface area (Å²) in [6.07, 6.45) is 0. The maximum absolute atomic E-state index is 8.83. The van der Waals surface area contributed by atoms with E-state index in [0.717, 1.165) is 22.5 Å². The molecule has 1 aromatic heterocycles. The summed E-state index contributed by atoms with van der Waals surface area (Å²) in [5.41, 5.74) is 4.64. The maximum Gasteiger partial charge on any atom is 0.0991 e. The van der Waals surface area contributed by atoms with E-state index in [1.54, 1.807) is 0 Å². The van der Waals surface area contributed by atoms with E-state index >= 15 is 0 Å². The molecule has 0 aliphatic heterocycles. The predicted octanol–water partition coefficient (Wildman–Crippen LogP) is 4.29. The van der Waals surface area contributed by atoms with Crippen molar-refractivity contribution in [2.24, 2.45) is 0 Å². The normalized spacial score (nSPS) is 9.95. The molecule has 94 valence electrons. The molecule has 0 aliphatic carbocycles. The number of benzene rings is 2. The Labute approximate surface area is 118 Å². The van der Waals surface area contributed by atoms with Gasteiger partial charge in [-0.05, 0) is 24.3 Å². The summed E-state index contributed by atoms with van der Waals surface area (Å²) >= 11 is 0. The molecule has 0 saturated carbocycles. The number of aromatic nitrogens is 1. The molecule has 0 N–H and O–H groups in total. The minimum Gasteiger partial charge on any atom is -0.248 e. The molecule has 0 saturated heterocycles. The molecule has 2 heteroatoms. The maximum atomic E-state index is 8.83. The molecule has 3 rings (SSSR count). The van der Waals surface area contributed by atoms with Gasteiger partial charge < -0.3 is 0 Å². The van der Waals surface area contributed by atoms with Crippen LogP contribution in [-0.4, -0.2) is 4.98 Å². The summed E-state index contributed by atoms with van der Waals surface area (Å²) in [7, 11) is 0. The van der Waals surface area contributed by atoms with Gasteiger partial charge in [-0.2, -0.15) is 5.26 Å². The average molecular weight is 256 g/mol. The van der Waals surface area contributed by atoms with E-state index in [2.05, 4.69) is 11.1 Å². The molecule has 0 fully saturated rings. The lowest BCUT2D eigenvalue weighted by molar-refractivity contribution is 1.32. The molecule has 0 spiro atoms. The quantitative estimate of drug-likeness (QED) is 0.686. The topological polar surface area (TPSA) is 36.7 Å². The largest absolute Gasteiger partial charge is 0.248 e. The first-order valence-corrected chi connectivity index (χ1v) is 6.40. The van der Waals surface area contributed by atoms with Crippen LogP contribution in [-0.2, 0) is 0 Å². The molecule has 1 heterocycles. The van der Waals surface area contributed by atoms with Crippen molar-refractivity contribution in [1.82, 2.24) is 4.98 Å². The van der Waals surface area contributed by atoms with E-state index in [0.29, 0.717) is 5.56 Å². The van der Waals surface area contributed by atoms with Crippen LogP contribution in [0.25, 0.3) is 22.5 Å². The van der Waals surface area contributed by atoms with Crippen molar-refractivity contribution >= 4 is 0 Å². The first kappa shape index (κ1) is 12.1. The van der Waals surface area contributed by atoms with Crippen LogP contribution in [0.4, 0.5) is 0 Å².